The van der Waals surface area contributed by atoms with Crippen LogP contribution in [0.15, 0.2) is 140 Å². The third-order valence-electron chi connectivity index (χ3n) is 11.1. The molecule has 0 saturated carbocycles. The van der Waals surface area contributed by atoms with Crippen molar-refractivity contribution in [3.8, 4) is 34.5 Å². The summed E-state index contributed by atoms with van der Waals surface area (Å²) in [4.78, 5) is 0. The van der Waals surface area contributed by atoms with E-state index in [0.717, 1.165) is 28.5 Å². The molecule has 2 aliphatic heterocycles. The maximum absolute atomic E-state index is 12.3. The molecule has 2 heterocycles. The maximum Gasteiger partial charge on any atom is 0.306 e. The van der Waals surface area contributed by atoms with Crippen molar-refractivity contribution >= 4 is 10.1 Å². The van der Waals surface area contributed by atoms with E-state index in [0.29, 0.717) is 46.3 Å². The fraction of sp³-hybridized carbons (Fsp3) is 0.294. The summed E-state index contributed by atoms with van der Waals surface area (Å²) < 4.78 is 89.3. The van der Waals surface area contributed by atoms with Crippen LogP contribution < -0.4 is 23.1 Å². The van der Waals surface area contributed by atoms with E-state index >= 15 is 0 Å². The van der Waals surface area contributed by atoms with Crippen molar-refractivity contribution in [2.45, 2.75) is 63.4 Å². The lowest BCUT2D eigenvalue weighted by Crippen LogP contribution is -2.58. The highest BCUT2D eigenvalue weighted by atomic mass is 32.2. The summed E-state index contributed by atoms with van der Waals surface area (Å²) in [6.07, 6.45) is -2.56. The smallest absolute Gasteiger partial charge is 0.306 e. The minimum absolute atomic E-state index is 0.0341. The Kier molecular flexibility index (Phi) is 14.5. The fourth-order valence-electron chi connectivity index (χ4n) is 8.10. The Labute approximate surface area is 374 Å². The zero-order valence-corrected chi connectivity index (χ0v) is 37.0. The summed E-state index contributed by atoms with van der Waals surface area (Å²) in [5.41, 5.74) is 5.79. The highest BCUT2D eigenvalue weighted by molar-refractivity contribution is 7.86. The van der Waals surface area contributed by atoms with E-state index in [1.54, 1.807) is 32.4 Å². The molecular weight excluding hydrogens is 837 g/mol. The zero-order valence-electron chi connectivity index (χ0n) is 36.2. The Morgan fingerprint density at radius 2 is 1.06 bits per heavy atom. The molecular formula is C51H52O12S. The summed E-state index contributed by atoms with van der Waals surface area (Å²) in [6.45, 7) is 1.24. The van der Waals surface area contributed by atoms with Crippen LogP contribution in [-0.2, 0) is 66.7 Å². The first-order chi connectivity index (χ1) is 31.2. The van der Waals surface area contributed by atoms with Gasteiger partial charge in [0, 0.05) is 29.7 Å². The molecule has 334 valence electrons. The highest BCUT2D eigenvalue weighted by Crippen LogP contribution is 2.54. The van der Waals surface area contributed by atoms with E-state index in [4.69, 9.17) is 46.8 Å². The van der Waals surface area contributed by atoms with Gasteiger partial charge in [-0.05, 0) is 28.3 Å². The average molecular weight is 889 g/mol. The van der Waals surface area contributed by atoms with Gasteiger partial charge in [-0.3, -0.25) is 0 Å². The molecule has 6 aromatic rings. The first-order valence-electron chi connectivity index (χ1n) is 21.0. The van der Waals surface area contributed by atoms with Crippen molar-refractivity contribution in [2.75, 3.05) is 34.2 Å². The van der Waals surface area contributed by atoms with Gasteiger partial charge in [0.05, 0.1) is 66.2 Å². The Balaban J connectivity index is 1.26. The van der Waals surface area contributed by atoms with Gasteiger partial charge in [-0.15, -0.1) is 0 Å². The van der Waals surface area contributed by atoms with Crippen LogP contribution in [0.3, 0.4) is 0 Å². The Hall–Kier alpha value is -5.93. The third kappa shape index (κ3) is 10.7. The second-order valence-electron chi connectivity index (χ2n) is 15.6. The molecule has 0 radical (unpaired) electrons. The van der Waals surface area contributed by atoms with Gasteiger partial charge in [0.2, 0.25) is 0 Å². The first-order valence-corrected chi connectivity index (χ1v) is 22.8. The SMILES string of the molecule is COc1cc2c(cc1OS(C)(=O)=O)Cc1c(OC)cc(OC)c([C@@H]3O[C@H](COCc4ccccc4)[C@@H](OCc4ccccc4)[C@H](OCc4ccccc4)[C@H]3OCc3ccccc3)c1O2. The normalized spacial score (nSPS) is 19.2. The summed E-state index contributed by atoms with van der Waals surface area (Å²) in [6, 6.07) is 44.8. The van der Waals surface area contributed by atoms with Gasteiger partial charge >= 0.3 is 10.1 Å². The third-order valence-corrected chi connectivity index (χ3v) is 11.6. The standard InChI is InChI=1S/C51H52O12S/c1-54-41-28-44(56-3)46(47-39(41)25-38-26-43(63-64(4,52)53)42(55-2)27-40(38)61-47)49-51(60-32-37-23-15-8-16-24-37)50(59-31-36-21-13-7-14-22-36)48(58-30-35-19-11-6-12-20-35)45(62-49)33-57-29-34-17-9-5-10-18-34/h5-24,26-28,45,48-51H,25,29-33H2,1-4H3/t45-,48-,49+,50+,51+/m1/s1. The van der Waals surface area contributed by atoms with Gasteiger partial charge in [-0.2, -0.15) is 8.42 Å². The van der Waals surface area contributed by atoms with Crippen LogP contribution in [0.5, 0.6) is 34.5 Å². The molecule has 0 bridgehead atoms. The van der Waals surface area contributed by atoms with Crippen molar-refractivity contribution < 1.29 is 55.2 Å². The molecule has 6 aromatic carbocycles. The average Bonchev–Trinajstić information content (AvgIpc) is 3.31. The van der Waals surface area contributed by atoms with Crippen molar-refractivity contribution in [3.05, 3.63) is 178 Å². The molecule has 2 aliphatic rings. The summed E-state index contributed by atoms with van der Waals surface area (Å²) in [5.74, 6) is 1.97. The molecule has 1 saturated heterocycles. The molecule has 64 heavy (non-hydrogen) atoms. The summed E-state index contributed by atoms with van der Waals surface area (Å²) >= 11 is 0. The lowest BCUT2D eigenvalue weighted by molar-refractivity contribution is -0.275. The topological polar surface area (TPSA) is 126 Å². The van der Waals surface area contributed by atoms with E-state index in [2.05, 4.69) is 0 Å². The van der Waals surface area contributed by atoms with Crippen molar-refractivity contribution in [3.63, 3.8) is 0 Å². The molecule has 0 spiro atoms. The number of methoxy groups -OCH3 is 3. The predicted molar refractivity (Wildman–Crippen MR) is 240 cm³/mol. The van der Waals surface area contributed by atoms with Crippen LogP contribution >= 0.6 is 0 Å². The van der Waals surface area contributed by atoms with Gasteiger partial charge in [0.25, 0.3) is 0 Å². The molecule has 12 nitrogen and oxygen atoms in total. The number of hydrogen-bond donors (Lipinski definition) is 0. The Morgan fingerprint density at radius 3 is 1.58 bits per heavy atom. The molecule has 13 heteroatoms. The highest BCUT2D eigenvalue weighted by Gasteiger charge is 2.51. The molecule has 0 N–H and O–H groups in total. The van der Waals surface area contributed by atoms with Crippen molar-refractivity contribution in [1.82, 2.24) is 0 Å². The Morgan fingerprint density at radius 1 is 0.562 bits per heavy atom. The molecule has 0 unspecified atom stereocenters. The summed E-state index contributed by atoms with van der Waals surface area (Å²) in [7, 11) is 0.707. The molecule has 1 fully saturated rings. The largest absolute Gasteiger partial charge is 0.496 e. The molecule has 5 atom stereocenters. The Bertz CT molecular complexity index is 2560. The number of ether oxygens (including phenoxy) is 9. The molecule has 0 aliphatic carbocycles. The van der Waals surface area contributed by atoms with E-state index in [-0.39, 0.29) is 44.3 Å². The number of rotatable bonds is 19. The molecule has 0 aromatic heterocycles. The van der Waals surface area contributed by atoms with Gasteiger partial charge in [0.15, 0.2) is 11.5 Å². The van der Waals surface area contributed by atoms with Crippen LogP contribution in [0, 0.1) is 0 Å². The summed E-state index contributed by atoms with van der Waals surface area (Å²) in [5, 5.41) is 0. The van der Waals surface area contributed by atoms with Crippen LogP contribution in [0.25, 0.3) is 0 Å². The van der Waals surface area contributed by atoms with Crippen molar-refractivity contribution in [2.24, 2.45) is 0 Å². The second-order valence-corrected chi connectivity index (χ2v) is 17.1. The lowest BCUT2D eigenvalue weighted by atomic mass is 9.87. The van der Waals surface area contributed by atoms with Gasteiger partial charge in [-0.25, -0.2) is 0 Å². The van der Waals surface area contributed by atoms with E-state index in [9.17, 15) is 8.42 Å². The number of fused-ring (bicyclic) bond motifs is 2. The predicted octanol–water partition coefficient (Wildman–Crippen LogP) is 9.16. The van der Waals surface area contributed by atoms with Crippen LogP contribution in [0.1, 0.15) is 45.0 Å². The number of benzene rings is 6. The van der Waals surface area contributed by atoms with Crippen LogP contribution in [0.2, 0.25) is 0 Å². The van der Waals surface area contributed by atoms with Gasteiger partial charge in [0.1, 0.15) is 53.5 Å². The van der Waals surface area contributed by atoms with Gasteiger partial charge < -0.3 is 46.8 Å². The number of hydrogen-bond acceptors (Lipinski definition) is 12. The van der Waals surface area contributed by atoms with Crippen LogP contribution in [0.4, 0.5) is 0 Å². The molecule has 0 amide bonds. The van der Waals surface area contributed by atoms with Crippen LogP contribution in [-0.4, -0.2) is 67.0 Å². The first kappa shape index (κ1) is 44.7. The van der Waals surface area contributed by atoms with Crippen molar-refractivity contribution in [1.29, 1.82) is 0 Å². The van der Waals surface area contributed by atoms with E-state index in [1.165, 1.54) is 7.11 Å². The molecule has 8 rings (SSSR count). The monoisotopic (exact) mass is 888 g/mol. The van der Waals surface area contributed by atoms with E-state index in [1.807, 2.05) is 121 Å². The van der Waals surface area contributed by atoms with Gasteiger partial charge in [-0.1, -0.05) is 121 Å². The zero-order chi connectivity index (χ0) is 44.5. The van der Waals surface area contributed by atoms with E-state index < -0.39 is 40.6 Å². The quantitative estimate of drug-likeness (QED) is 0.0719. The minimum Gasteiger partial charge on any atom is -0.496 e. The second kappa shape index (κ2) is 20.7. The maximum atomic E-state index is 12.3. The fourth-order valence-corrected chi connectivity index (χ4v) is 8.56. The minimum atomic E-state index is -3.88. The lowest BCUT2D eigenvalue weighted by Gasteiger charge is -2.47.